The third kappa shape index (κ3) is 6.70. The molecular formula is C19H24Cl2N2O. The van der Waals surface area contributed by atoms with Gasteiger partial charge in [-0.15, -0.1) is 0 Å². The van der Waals surface area contributed by atoms with Gasteiger partial charge in [0.1, 0.15) is 12.4 Å². The van der Waals surface area contributed by atoms with Gasteiger partial charge in [0.2, 0.25) is 0 Å². The standard InChI is InChI=1S/C19H24Cl2N2O/c1-23(2)10-4-9-22-13-16-12-18(21)7-8-19(16)24-14-15-5-3-6-17(20)11-15/h3,5-8,11-12,22H,4,9-10,13-14H2,1-2H3. The maximum Gasteiger partial charge on any atom is 0.124 e. The smallest absolute Gasteiger partial charge is 0.124 e. The van der Waals surface area contributed by atoms with Crippen LogP contribution in [0.15, 0.2) is 42.5 Å². The minimum atomic E-state index is 0.482. The molecule has 0 aliphatic heterocycles. The lowest BCUT2D eigenvalue weighted by Crippen LogP contribution is -2.21. The van der Waals surface area contributed by atoms with Crippen molar-refractivity contribution >= 4 is 23.2 Å². The van der Waals surface area contributed by atoms with Crippen molar-refractivity contribution in [1.29, 1.82) is 0 Å². The average molecular weight is 367 g/mol. The van der Waals surface area contributed by atoms with Crippen LogP contribution in [0.25, 0.3) is 0 Å². The Morgan fingerprint density at radius 3 is 2.58 bits per heavy atom. The van der Waals surface area contributed by atoms with Gasteiger partial charge in [-0.2, -0.15) is 0 Å². The van der Waals surface area contributed by atoms with E-state index in [2.05, 4.69) is 24.3 Å². The van der Waals surface area contributed by atoms with Gasteiger partial charge in [0, 0.05) is 22.2 Å². The molecule has 0 saturated carbocycles. The number of ether oxygens (including phenoxy) is 1. The molecule has 0 aromatic heterocycles. The zero-order chi connectivity index (χ0) is 17.4. The van der Waals surface area contributed by atoms with Crippen molar-refractivity contribution < 1.29 is 4.74 Å². The summed E-state index contributed by atoms with van der Waals surface area (Å²) < 4.78 is 5.96. The van der Waals surface area contributed by atoms with Gasteiger partial charge in [0.15, 0.2) is 0 Å². The maximum absolute atomic E-state index is 6.13. The predicted molar refractivity (Wildman–Crippen MR) is 102 cm³/mol. The molecule has 24 heavy (non-hydrogen) atoms. The van der Waals surface area contributed by atoms with Crippen LogP contribution >= 0.6 is 23.2 Å². The summed E-state index contributed by atoms with van der Waals surface area (Å²) in [7, 11) is 4.16. The van der Waals surface area contributed by atoms with E-state index in [9.17, 15) is 0 Å². The van der Waals surface area contributed by atoms with E-state index in [0.29, 0.717) is 6.61 Å². The molecule has 0 aliphatic rings. The van der Waals surface area contributed by atoms with Crippen molar-refractivity contribution in [3.05, 3.63) is 63.6 Å². The highest BCUT2D eigenvalue weighted by Gasteiger charge is 2.06. The van der Waals surface area contributed by atoms with Crippen LogP contribution in [-0.4, -0.2) is 32.1 Å². The van der Waals surface area contributed by atoms with Gasteiger partial charge in [0.05, 0.1) is 0 Å². The quantitative estimate of drug-likeness (QED) is 0.655. The molecule has 2 aromatic rings. The number of nitrogens with zero attached hydrogens (tertiary/aromatic N) is 1. The third-order valence-corrected chi connectivity index (χ3v) is 4.05. The first-order chi connectivity index (χ1) is 11.5. The Kier molecular flexibility index (Phi) is 7.86. The van der Waals surface area contributed by atoms with Gasteiger partial charge in [-0.3, -0.25) is 0 Å². The molecule has 2 aromatic carbocycles. The lowest BCUT2D eigenvalue weighted by atomic mass is 10.2. The Morgan fingerprint density at radius 1 is 1.04 bits per heavy atom. The second-order valence-corrected chi connectivity index (χ2v) is 6.88. The number of rotatable bonds is 9. The van der Waals surface area contributed by atoms with E-state index in [1.165, 1.54) is 0 Å². The van der Waals surface area contributed by atoms with Crippen molar-refractivity contribution in [2.75, 3.05) is 27.2 Å². The van der Waals surface area contributed by atoms with Gasteiger partial charge in [-0.1, -0.05) is 35.3 Å². The minimum Gasteiger partial charge on any atom is -0.489 e. The van der Waals surface area contributed by atoms with Crippen molar-refractivity contribution in [1.82, 2.24) is 10.2 Å². The fourth-order valence-corrected chi connectivity index (χ4v) is 2.77. The number of hydrogen-bond donors (Lipinski definition) is 1. The van der Waals surface area contributed by atoms with E-state index in [-0.39, 0.29) is 0 Å². The topological polar surface area (TPSA) is 24.5 Å². The van der Waals surface area contributed by atoms with Crippen molar-refractivity contribution in [2.45, 2.75) is 19.6 Å². The number of benzene rings is 2. The average Bonchev–Trinajstić information content (AvgIpc) is 2.53. The Hall–Kier alpha value is -1.26. The third-order valence-electron chi connectivity index (χ3n) is 3.58. The van der Waals surface area contributed by atoms with Crippen LogP contribution < -0.4 is 10.1 Å². The summed E-state index contributed by atoms with van der Waals surface area (Å²) in [4.78, 5) is 2.18. The largest absolute Gasteiger partial charge is 0.489 e. The van der Waals surface area contributed by atoms with E-state index in [1.54, 1.807) is 0 Å². The first-order valence-corrected chi connectivity index (χ1v) is 8.81. The summed E-state index contributed by atoms with van der Waals surface area (Å²) >= 11 is 12.1. The first-order valence-electron chi connectivity index (χ1n) is 8.06. The molecule has 0 unspecified atom stereocenters. The second kappa shape index (κ2) is 9.90. The zero-order valence-corrected chi connectivity index (χ0v) is 15.7. The Balaban J connectivity index is 1.91. The molecule has 3 nitrogen and oxygen atoms in total. The summed E-state index contributed by atoms with van der Waals surface area (Å²) in [5.74, 6) is 0.847. The fourth-order valence-electron chi connectivity index (χ4n) is 2.36. The zero-order valence-electron chi connectivity index (χ0n) is 14.2. The van der Waals surface area contributed by atoms with E-state index in [4.69, 9.17) is 27.9 Å². The minimum absolute atomic E-state index is 0.482. The monoisotopic (exact) mass is 366 g/mol. The van der Waals surface area contributed by atoms with E-state index >= 15 is 0 Å². The molecule has 1 N–H and O–H groups in total. The summed E-state index contributed by atoms with van der Waals surface area (Å²) in [6, 6.07) is 13.4. The van der Waals surface area contributed by atoms with Crippen LogP contribution in [0.3, 0.4) is 0 Å². The molecule has 130 valence electrons. The number of nitrogens with one attached hydrogen (secondary N) is 1. The molecule has 0 saturated heterocycles. The molecule has 2 rings (SSSR count). The molecule has 0 atom stereocenters. The van der Waals surface area contributed by atoms with Crippen LogP contribution in [0.1, 0.15) is 17.5 Å². The Labute approximate surface area is 154 Å². The highest BCUT2D eigenvalue weighted by molar-refractivity contribution is 6.30. The number of hydrogen-bond acceptors (Lipinski definition) is 3. The Bertz CT molecular complexity index is 647. The molecule has 0 aliphatic carbocycles. The predicted octanol–water partition coefficient (Wildman–Crippen LogP) is 4.61. The van der Waals surface area contributed by atoms with Gasteiger partial charge < -0.3 is 15.0 Å². The van der Waals surface area contributed by atoms with Crippen LogP contribution in [0, 0.1) is 0 Å². The maximum atomic E-state index is 6.13. The van der Waals surface area contributed by atoms with Crippen molar-refractivity contribution in [3.8, 4) is 5.75 Å². The van der Waals surface area contributed by atoms with E-state index in [1.807, 2.05) is 42.5 Å². The van der Waals surface area contributed by atoms with Crippen LogP contribution in [0.5, 0.6) is 5.75 Å². The molecule has 0 amide bonds. The molecule has 0 spiro atoms. The lowest BCUT2D eigenvalue weighted by Gasteiger charge is -2.14. The number of halogens is 2. The summed E-state index contributed by atoms with van der Waals surface area (Å²) in [6.45, 7) is 3.24. The lowest BCUT2D eigenvalue weighted by molar-refractivity contribution is 0.302. The highest BCUT2D eigenvalue weighted by atomic mass is 35.5. The fraction of sp³-hybridized carbons (Fsp3) is 0.368. The molecule has 0 bridgehead atoms. The van der Waals surface area contributed by atoms with Crippen LogP contribution in [0.2, 0.25) is 10.0 Å². The van der Waals surface area contributed by atoms with Gasteiger partial charge in [-0.05, 0) is 69.5 Å². The normalized spacial score (nSPS) is 11.0. The molecule has 0 radical (unpaired) electrons. The first kappa shape index (κ1) is 19.1. The summed E-state index contributed by atoms with van der Waals surface area (Å²) in [6.07, 6.45) is 1.10. The van der Waals surface area contributed by atoms with Gasteiger partial charge in [-0.25, -0.2) is 0 Å². The van der Waals surface area contributed by atoms with E-state index < -0.39 is 0 Å². The Morgan fingerprint density at radius 2 is 1.83 bits per heavy atom. The van der Waals surface area contributed by atoms with Gasteiger partial charge in [0.25, 0.3) is 0 Å². The molecule has 0 fully saturated rings. The van der Waals surface area contributed by atoms with Crippen LogP contribution in [0.4, 0.5) is 0 Å². The van der Waals surface area contributed by atoms with Crippen LogP contribution in [-0.2, 0) is 13.2 Å². The second-order valence-electron chi connectivity index (χ2n) is 6.00. The summed E-state index contributed by atoms with van der Waals surface area (Å²) in [5.41, 5.74) is 2.11. The highest BCUT2D eigenvalue weighted by Crippen LogP contribution is 2.24. The molecular weight excluding hydrogens is 343 g/mol. The summed E-state index contributed by atoms with van der Waals surface area (Å²) in [5, 5.41) is 4.88. The SMILES string of the molecule is CN(C)CCCNCc1cc(Cl)ccc1OCc1cccc(Cl)c1. The van der Waals surface area contributed by atoms with E-state index in [0.717, 1.165) is 53.0 Å². The van der Waals surface area contributed by atoms with Gasteiger partial charge >= 0.3 is 0 Å². The molecule has 0 heterocycles. The van der Waals surface area contributed by atoms with Crippen molar-refractivity contribution in [3.63, 3.8) is 0 Å². The van der Waals surface area contributed by atoms with Crippen molar-refractivity contribution in [2.24, 2.45) is 0 Å². The molecule has 5 heteroatoms.